The molecule has 1 aromatic heterocycles. The van der Waals surface area contributed by atoms with Crippen LogP contribution in [0.15, 0.2) is 60.7 Å². The molecule has 0 aliphatic carbocycles. The highest BCUT2D eigenvalue weighted by Gasteiger charge is 2.48. The largest absolute Gasteiger partial charge is 0.507 e. The number of aromatic nitrogens is 1. The van der Waals surface area contributed by atoms with Crippen LogP contribution in [0.5, 0.6) is 17.2 Å². The number of fused-ring (bicyclic) bond motifs is 1. The van der Waals surface area contributed by atoms with Gasteiger partial charge in [0.15, 0.2) is 16.6 Å². The molecular formula is C29H26N2O8S. The molecule has 3 aromatic rings. The van der Waals surface area contributed by atoms with Crippen LogP contribution < -0.4 is 19.1 Å². The van der Waals surface area contributed by atoms with Crippen LogP contribution in [-0.4, -0.2) is 54.2 Å². The number of hydrogen-bond acceptors (Lipinski definition) is 10. The molecule has 1 atom stereocenters. The Morgan fingerprint density at radius 3 is 2.73 bits per heavy atom. The minimum absolute atomic E-state index is 0.00970. The Hall–Kier alpha value is -4.64. The number of benzene rings is 2. The van der Waals surface area contributed by atoms with Gasteiger partial charge in [0.1, 0.15) is 36.2 Å². The highest BCUT2D eigenvalue weighted by molar-refractivity contribution is 7.17. The third kappa shape index (κ3) is 4.91. The minimum atomic E-state index is -1.06. The number of carbonyl (C=O) groups excluding carboxylic acids is 3. The maximum atomic E-state index is 13.5. The van der Waals surface area contributed by atoms with Gasteiger partial charge in [-0.1, -0.05) is 36.1 Å². The number of aliphatic hydroxyl groups excluding tert-OH is 1. The maximum absolute atomic E-state index is 13.5. The van der Waals surface area contributed by atoms with Crippen molar-refractivity contribution < 1.29 is 38.4 Å². The second kappa shape index (κ2) is 11.2. The van der Waals surface area contributed by atoms with Crippen molar-refractivity contribution in [1.82, 2.24) is 4.98 Å². The summed E-state index contributed by atoms with van der Waals surface area (Å²) in [4.78, 5) is 45.5. The molecule has 0 unspecified atom stereocenters. The van der Waals surface area contributed by atoms with E-state index in [2.05, 4.69) is 11.6 Å². The summed E-state index contributed by atoms with van der Waals surface area (Å²) in [5.41, 5.74) is 0.980. The number of ether oxygens (including phenoxy) is 4. The van der Waals surface area contributed by atoms with Crippen molar-refractivity contribution in [3.63, 3.8) is 0 Å². The first-order chi connectivity index (χ1) is 19.3. The SMILES string of the molecule is C=CCOC(=O)c1sc(N2C(=O)C(=O)C(=C(O)c3ccc4c(c3)OCCO4)[C@H]2c2cccc(OCC)c2)nc1C. The first-order valence-corrected chi connectivity index (χ1v) is 13.3. The summed E-state index contributed by atoms with van der Waals surface area (Å²) in [6.45, 7) is 8.14. The Morgan fingerprint density at radius 1 is 1.20 bits per heavy atom. The first-order valence-electron chi connectivity index (χ1n) is 12.5. The van der Waals surface area contributed by atoms with Gasteiger partial charge in [-0.3, -0.25) is 14.5 Å². The van der Waals surface area contributed by atoms with Crippen molar-refractivity contribution in [2.45, 2.75) is 19.9 Å². The van der Waals surface area contributed by atoms with Crippen molar-refractivity contribution in [3.8, 4) is 17.2 Å². The lowest BCUT2D eigenvalue weighted by molar-refractivity contribution is -0.132. The molecule has 10 nitrogen and oxygen atoms in total. The summed E-state index contributed by atoms with van der Waals surface area (Å²) in [7, 11) is 0. The van der Waals surface area contributed by atoms with E-state index in [1.807, 2.05) is 6.92 Å². The van der Waals surface area contributed by atoms with Crippen LogP contribution in [0.25, 0.3) is 5.76 Å². The lowest BCUT2D eigenvalue weighted by atomic mass is 9.95. The Morgan fingerprint density at radius 2 is 1.98 bits per heavy atom. The highest BCUT2D eigenvalue weighted by Crippen LogP contribution is 2.45. The molecule has 3 heterocycles. The van der Waals surface area contributed by atoms with Crippen LogP contribution in [0.1, 0.15) is 39.5 Å². The number of carbonyl (C=O) groups is 3. The van der Waals surface area contributed by atoms with E-state index in [0.29, 0.717) is 48.3 Å². The Balaban J connectivity index is 1.66. The Kier molecular flexibility index (Phi) is 7.56. The average Bonchev–Trinajstić information content (AvgIpc) is 3.47. The van der Waals surface area contributed by atoms with Gasteiger partial charge in [-0.25, -0.2) is 9.78 Å². The van der Waals surface area contributed by atoms with Gasteiger partial charge in [0.2, 0.25) is 0 Å². The third-order valence-corrected chi connectivity index (χ3v) is 7.39. The van der Waals surface area contributed by atoms with E-state index in [4.69, 9.17) is 18.9 Å². The lowest BCUT2D eigenvalue weighted by Gasteiger charge is -2.23. The third-order valence-electron chi connectivity index (χ3n) is 6.25. The first kappa shape index (κ1) is 26.9. The zero-order chi connectivity index (χ0) is 28.4. The fourth-order valence-electron chi connectivity index (χ4n) is 4.51. The number of aliphatic hydroxyl groups is 1. The summed E-state index contributed by atoms with van der Waals surface area (Å²) < 4.78 is 22.0. The number of amides is 1. The second-order valence-corrected chi connectivity index (χ2v) is 9.81. The predicted octanol–water partition coefficient (Wildman–Crippen LogP) is 4.59. The molecule has 11 heteroatoms. The van der Waals surface area contributed by atoms with Gasteiger partial charge in [0.25, 0.3) is 5.78 Å². The number of hydrogen-bond donors (Lipinski definition) is 1. The van der Waals surface area contributed by atoms with Crippen LogP contribution in [0.3, 0.4) is 0 Å². The summed E-state index contributed by atoms with van der Waals surface area (Å²) in [6, 6.07) is 10.6. The number of rotatable bonds is 8. The molecule has 0 bridgehead atoms. The van der Waals surface area contributed by atoms with Crippen molar-refractivity contribution in [1.29, 1.82) is 0 Å². The lowest BCUT2D eigenvalue weighted by Crippen LogP contribution is -2.29. The van der Waals surface area contributed by atoms with E-state index < -0.39 is 23.7 Å². The highest BCUT2D eigenvalue weighted by atomic mass is 32.1. The quantitative estimate of drug-likeness (QED) is 0.138. The van der Waals surface area contributed by atoms with E-state index >= 15 is 0 Å². The molecule has 1 amide bonds. The van der Waals surface area contributed by atoms with Gasteiger partial charge in [0, 0.05) is 5.56 Å². The summed E-state index contributed by atoms with van der Waals surface area (Å²) in [5.74, 6) is -1.36. The summed E-state index contributed by atoms with van der Waals surface area (Å²) in [6.07, 6.45) is 1.44. The number of aryl methyl sites for hydroxylation is 1. The molecule has 2 aromatic carbocycles. The standard InChI is InChI=1S/C29H26N2O8S/c1-4-11-39-28(35)26-16(3)30-29(40-26)31-23(17-7-6-8-19(14-17)36-5-2)22(25(33)27(31)34)24(32)18-9-10-20-21(15-18)38-13-12-37-20/h4,6-10,14-15,23,32H,1,5,11-13H2,2-3H3/t23-/m1/s1. The van der Waals surface area contributed by atoms with E-state index in [9.17, 15) is 19.5 Å². The normalized spacial score (nSPS) is 17.6. The smallest absolute Gasteiger partial charge is 0.350 e. The number of nitrogens with zero attached hydrogens (tertiary/aromatic N) is 2. The maximum Gasteiger partial charge on any atom is 0.350 e. The van der Waals surface area contributed by atoms with Crippen LogP contribution in [-0.2, 0) is 14.3 Å². The van der Waals surface area contributed by atoms with Crippen LogP contribution in [0, 0.1) is 6.92 Å². The molecule has 0 radical (unpaired) electrons. The number of anilines is 1. The zero-order valence-electron chi connectivity index (χ0n) is 21.8. The molecule has 0 saturated carbocycles. The number of thiazole rings is 1. The Bertz CT molecular complexity index is 1540. The molecule has 40 heavy (non-hydrogen) atoms. The number of esters is 1. The zero-order valence-corrected chi connectivity index (χ0v) is 22.7. The predicted molar refractivity (Wildman–Crippen MR) is 147 cm³/mol. The fraction of sp³-hybridized carbons (Fsp3) is 0.241. The molecule has 0 spiro atoms. The molecular weight excluding hydrogens is 536 g/mol. The van der Waals surface area contributed by atoms with Gasteiger partial charge in [0.05, 0.1) is 23.9 Å². The topological polar surface area (TPSA) is 124 Å². The Labute approximate surface area is 234 Å². The fourth-order valence-corrected chi connectivity index (χ4v) is 5.49. The summed E-state index contributed by atoms with van der Waals surface area (Å²) in [5, 5.41) is 11.6. The molecule has 1 fully saturated rings. The van der Waals surface area contributed by atoms with Gasteiger partial charge in [-0.05, 0) is 49.7 Å². The van der Waals surface area contributed by atoms with E-state index in [-0.39, 0.29) is 33.5 Å². The monoisotopic (exact) mass is 562 g/mol. The van der Waals surface area contributed by atoms with Gasteiger partial charge in [-0.15, -0.1) is 0 Å². The van der Waals surface area contributed by atoms with E-state index in [1.165, 1.54) is 11.0 Å². The van der Waals surface area contributed by atoms with E-state index in [1.54, 1.807) is 49.4 Å². The average molecular weight is 563 g/mol. The van der Waals surface area contributed by atoms with Crippen molar-refractivity contribution in [2.75, 3.05) is 31.3 Å². The number of Topliss-reactive ketones (excluding diaryl/α,β-unsaturated/α-hetero) is 1. The van der Waals surface area contributed by atoms with Crippen molar-refractivity contribution >= 4 is 39.9 Å². The number of ketones is 1. The van der Waals surface area contributed by atoms with E-state index in [0.717, 1.165) is 11.3 Å². The molecule has 2 aliphatic heterocycles. The van der Waals surface area contributed by atoms with Gasteiger partial charge in [-0.2, -0.15) is 0 Å². The van der Waals surface area contributed by atoms with Gasteiger partial charge >= 0.3 is 11.9 Å². The molecule has 1 N–H and O–H groups in total. The summed E-state index contributed by atoms with van der Waals surface area (Å²) >= 11 is 0.923. The van der Waals surface area contributed by atoms with Crippen LogP contribution in [0.4, 0.5) is 5.13 Å². The van der Waals surface area contributed by atoms with Crippen LogP contribution in [0.2, 0.25) is 0 Å². The van der Waals surface area contributed by atoms with Gasteiger partial charge < -0.3 is 24.1 Å². The van der Waals surface area contributed by atoms with Crippen molar-refractivity contribution in [2.24, 2.45) is 0 Å². The van der Waals surface area contributed by atoms with Crippen LogP contribution >= 0.6 is 11.3 Å². The van der Waals surface area contributed by atoms with Crippen molar-refractivity contribution in [3.05, 3.63) is 82.4 Å². The minimum Gasteiger partial charge on any atom is -0.507 e. The second-order valence-electron chi connectivity index (χ2n) is 8.83. The molecule has 1 saturated heterocycles. The molecule has 2 aliphatic rings. The molecule has 206 valence electrons. The molecule has 5 rings (SSSR count).